The molecule has 0 spiro atoms. The lowest BCUT2D eigenvalue weighted by atomic mass is 9.90. The zero-order valence-electron chi connectivity index (χ0n) is 10.7. The van der Waals surface area contributed by atoms with Gasteiger partial charge in [0.05, 0.1) is 0 Å². The minimum absolute atomic E-state index is 0.152. The summed E-state index contributed by atoms with van der Waals surface area (Å²) in [7, 11) is 0. The standard InChI is InChI=1S/C17H13NO/c1-10-7-8-14-15(9-10)19-17-13-6-4-3-5-12(13)11(2)18-16(14)17/h3-9,12H,2H2,1H3. The van der Waals surface area contributed by atoms with Crippen LogP contribution in [-0.2, 0) is 0 Å². The van der Waals surface area contributed by atoms with Gasteiger partial charge >= 0.3 is 0 Å². The number of nitrogens with zero attached hydrogens (tertiary/aromatic N) is 1. The monoisotopic (exact) mass is 247 g/mol. The second-order valence-corrected chi connectivity index (χ2v) is 5.06. The van der Waals surface area contributed by atoms with Crippen molar-refractivity contribution in [3.8, 4) is 0 Å². The van der Waals surface area contributed by atoms with E-state index in [0.29, 0.717) is 0 Å². The summed E-state index contributed by atoms with van der Waals surface area (Å²) in [4.78, 5) is 4.65. The molecule has 1 aromatic carbocycles. The summed E-state index contributed by atoms with van der Waals surface area (Å²) < 4.78 is 6.03. The molecule has 2 nitrogen and oxygen atoms in total. The fourth-order valence-electron chi connectivity index (χ4n) is 2.76. The molecule has 92 valence electrons. The Labute approximate surface area is 110 Å². The summed E-state index contributed by atoms with van der Waals surface area (Å²) in [5, 5.41) is 1.99. The summed E-state index contributed by atoms with van der Waals surface area (Å²) in [5.41, 5.74) is 5.02. The van der Waals surface area contributed by atoms with Crippen LogP contribution in [0.25, 0.3) is 16.5 Å². The molecule has 0 saturated heterocycles. The van der Waals surface area contributed by atoms with Gasteiger partial charge in [0.1, 0.15) is 10.9 Å². The molecule has 1 aromatic heterocycles. The summed E-state index contributed by atoms with van der Waals surface area (Å²) in [6.45, 7) is 6.15. The van der Waals surface area contributed by atoms with Gasteiger partial charge < -0.3 is 4.42 Å². The fourth-order valence-corrected chi connectivity index (χ4v) is 2.76. The zero-order chi connectivity index (χ0) is 13.0. The number of aryl methyl sites for hydroxylation is 1. The quantitative estimate of drug-likeness (QED) is 0.702. The van der Waals surface area contributed by atoms with Crippen LogP contribution in [0.3, 0.4) is 0 Å². The van der Waals surface area contributed by atoms with Gasteiger partial charge in [-0.15, -0.1) is 0 Å². The highest BCUT2D eigenvalue weighted by Crippen LogP contribution is 2.28. The summed E-state index contributed by atoms with van der Waals surface area (Å²) in [6.07, 6.45) is 8.28. The first-order valence-electron chi connectivity index (χ1n) is 6.40. The molecule has 2 aromatic rings. The van der Waals surface area contributed by atoms with E-state index >= 15 is 0 Å². The highest BCUT2D eigenvalue weighted by molar-refractivity contribution is 5.80. The third-order valence-electron chi connectivity index (χ3n) is 3.72. The van der Waals surface area contributed by atoms with Crippen molar-refractivity contribution in [3.63, 3.8) is 0 Å². The molecule has 2 aliphatic rings. The molecule has 4 rings (SSSR count). The largest absolute Gasteiger partial charge is 0.454 e. The smallest absolute Gasteiger partial charge is 0.158 e. The lowest BCUT2D eigenvalue weighted by Gasteiger charge is -2.18. The number of hydrogen-bond donors (Lipinski definition) is 0. The van der Waals surface area contributed by atoms with Gasteiger partial charge in [0.15, 0.2) is 5.42 Å². The molecule has 0 fully saturated rings. The number of allylic oxidation sites excluding steroid dienone is 4. The lowest BCUT2D eigenvalue weighted by molar-refractivity contribution is 0.561. The van der Waals surface area contributed by atoms with Crippen molar-refractivity contribution in [2.24, 2.45) is 10.9 Å². The maximum absolute atomic E-state index is 6.03. The van der Waals surface area contributed by atoms with E-state index in [0.717, 1.165) is 33.0 Å². The maximum Gasteiger partial charge on any atom is 0.158 e. The average molecular weight is 247 g/mol. The van der Waals surface area contributed by atoms with Crippen LogP contribution >= 0.6 is 0 Å². The van der Waals surface area contributed by atoms with Crippen LogP contribution in [0, 0.1) is 12.8 Å². The van der Waals surface area contributed by atoms with E-state index < -0.39 is 0 Å². The normalized spacial score (nSPS) is 20.4. The van der Waals surface area contributed by atoms with Gasteiger partial charge in [-0.25, -0.2) is 4.99 Å². The molecule has 19 heavy (non-hydrogen) atoms. The SMILES string of the molecule is C=C1N=c2c(oc3cc(C)ccc23)=C2C=CC=CC12. The van der Waals surface area contributed by atoms with Crippen LogP contribution in [0.5, 0.6) is 0 Å². The maximum atomic E-state index is 6.03. The topological polar surface area (TPSA) is 25.5 Å². The van der Waals surface area contributed by atoms with Gasteiger partial charge in [0.25, 0.3) is 0 Å². The van der Waals surface area contributed by atoms with E-state index in [-0.39, 0.29) is 5.92 Å². The van der Waals surface area contributed by atoms with Crippen LogP contribution in [-0.4, -0.2) is 0 Å². The Morgan fingerprint density at radius 2 is 2.16 bits per heavy atom. The minimum Gasteiger partial charge on any atom is -0.454 e. The van der Waals surface area contributed by atoms with E-state index in [9.17, 15) is 0 Å². The van der Waals surface area contributed by atoms with Crippen LogP contribution in [0.2, 0.25) is 0 Å². The predicted molar refractivity (Wildman–Crippen MR) is 76.1 cm³/mol. The molecule has 2 heterocycles. The van der Waals surface area contributed by atoms with Crippen molar-refractivity contribution in [2.75, 3.05) is 0 Å². The Kier molecular flexibility index (Phi) is 1.99. The van der Waals surface area contributed by atoms with Crippen LogP contribution in [0.15, 0.2) is 64.2 Å². The number of furan rings is 1. The number of hydrogen-bond acceptors (Lipinski definition) is 2. The summed E-state index contributed by atoms with van der Waals surface area (Å²) >= 11 is 0. The van der Waals surface area contributed by atoms with Crippen molar-refractivity contribution in [1.82, 2.24) is 0 Å². The molecule has 0 saturated carbocycles. The zero-order valence-corrected chi connectivity index (χ0v) is 10.7. The first-order valence-corrected chi connectivity index (χ1v) is 6.40. The molecule has 0 amide bonds. The molecular formula is C17H13NO. The highest BCUT2D eigenvalue weighted by atomic mass is 16.3. The number of benzene rings is 1. The third-order valence-corrected chi connectivity index (χ3v) is 3.72. The van der Waals surface area contributed by atoms with Crippen LogP contribution in [0.4, 0.5) is 0 Å². The molecule has 1 aliphatic carbocycles. The van der Waals surface area contributed by atoms with Gasteiger partial charge in [-0.05, 0) is 24.6 Å². The molecule has 1 atom stereocenters. The lowest BCUT2D eigenvalue weighted by Crippen LogP contribution is -2.30. The van der Waals surface area contributed by atoms with Crippen molar-refractivity contribution in [2.45, 2.75) is 6.92 Å². The Morgan fingerprint density at radius 1 is 1.26 bits per heavy atom. The molecule has 0 bridgehead atoms. The van der Waals surface area contributed by atoms with E-state index in [1.807, 2.05) is 12.2 Å². The van der Waals surface area contributed by atoms with Crippen molar-refractivity contribution in [1.29, 1.82) is 0 Å². The second kappa shape index (κ2) is 3.58. The third kappa shape index (κ3) is 1.40. The molecule has 2 heteroatoms. The molecular weight excluding hydrogens is 234 g/mol. The molecule has 0 radical (unpaired) electrons. The van der Waals surface area contributed by atoms with Crippen molar-refractivity contribution in [3.05, 3.63) is 71.1 Å². The Balaban J connectivity index is 2.22. The van der Waals surface area contributed by atoms with Crippen molar-refractivity contribution < 1.29 is 4.42 Å². The highest BCUT2D eigenvalue weighted by Gasteiger charge is 2.22. The van der Waals surface area contributed by atoms with Gasteiger partial charge in [-0.2, -0.15) is 0 Å². The summed E-state index contributed by atoms with van der Waals surface area (Å²) in [5.74, 6) is 0.152. The van der Waals surface area contributed by atoms with E-state index in [1.54, 1.807) is 0 Å². The van der Waals surface area contributed by atoms with Crippen molar-refractivity contribution >= 4 is 16.5 Å². The van der Waals surface area contributed by atoms with E-state index in [2.05, 4.69) is 48.8 Å². The van der Waals surface area contributed by atoms with Gasteiger partial charge in [0, 0.05) is 22.6 Å². The van der Waals surface area contributed by atoms with Crippen LogP contribution in [0.1, 0.15) is 5.56 Å². The Hall–Kier alpha value is -2.35. The average Bonchev–Trinajstić information content (AvgIpc) is 2.77. The van der Waals surface area contributed by atoms with Gasteiger partial charge in [-0.3, -0.25) is 0 Å². The van der Waals surface area contributed by atoms with Crippen LogP contribution < -0.4 is 10.8 Å². The predicted octanol–water partition coefficient (Wildman–Crippen LogP) is 2.78. The first kappa shape index (κ1) is 10.6. The molecule has 1 unspecified atom stereocenters. The summed E-state index contributed by atoms with van der Waals surface area (Å²) in [6, 6.07) is 6.22. The Bertz CT molecular complexity index is 893. The second-order valence-electron chi connectivity index (χ2n) is 5.06. The van der Waals surface area contributed by atoms with Gasteiger partial charge in [0.2, 0.25) is 0 Å². The number of fused-ring (bicyclic) bond motifs is 4. The molecule has 1 aliphatic heterocycles. The Morgan fingerprint density at radius 3 is 3.05 bits per heavy atom. The number of rotatable bonds is 0. The van der Waals surface area contributed by atoms with Gasteiger partial charge in [-0.1, -0.05) is 36.9 Å². The first-order chi connectivity index (χ1) is 9.24. The molecule has 0 N–H and O–H groups in total. The minimum atomic E-state index is 0.152. The fraction of sp³-hybridized carbons (Fsp3) is 0.118. The van der Waals surface area contributed by atoms with E-state index in [4.69, 9.17) is 4.42 Å². The van der Waals surface area contributed by atoms with E-state index in [1.165, 1.54) is 5.56 Å².